The lowest BCUT2D eigenvalue weighted by Crippen LogP contribution is -2.60. The van der Waals surface area contributed by atoms with Gasteiger partial charge in [-0.1, -0.05) is 6.92 Å². The Bertz CT molecular complexity index is 518. The summed E-state index contributed by atoms with van der Waals surface area (Å²) in [6, 6.07) is 0. The quantitative estimate of drug-likeness (QED) is 0.734. The van der Waals surface area contributed by atoms with E-state index in [-0.39, 0.29) is 34.8 Å². The third-order valence-corrected chi connectivity index (χ3v) is 6.75. The first kappa shape index (κ1) is 18.2. The predicted molar refractivity (Wildman–Crippen MR) is 89.5 cm³/mol. The number of esters is 1. The van der Waals surface area contributed by atoms with Crippen molar-refractivity contribution in [1.82, 2.24) is 0 Å². The Morgan fingerprint density at radius 3 is 2.62 bits per heavy atom. The van der Waals surface area contributed by atoms with Crippen LogP contribution in [-0.4, -0.2) is 42.3 Å². The van der Waals surface area contributed by atoms with E-state index in [4.69, 9.17) is 18.9 Å². The monoisotopic (exact) mass is 340 g/mol. The number of hydrogen-bond donors (Lipinski definition) is 0. The summed E-state index contributed by atoms with van der Waals surface area (Å²) in [6.45, 7) is 13.3. The highest BCUT2D eigenvalue weighted by Gasteiger charge is 2.73. The van der Waals surface area contributed by atoms with E-state index in [0.717, 1.165) is 32.3 Å². The van der Waals surface area contributed by atoms with Gasteiger partial charge >= 0.3 is 5.97 Å². The smallest absolute Gasteiger partial charge is 0.303 e. The Morgan fingerprint density at radius 1 is 1.29 bits per heavy atom. The van der Waals surface area contributed by atoms with E-state index in [1.54, 1.807) is 0 Å². The molecule has 0 unspecified atom stereocenters. The van der Waals surface area contributed by atoms with Crippen molar-refractivity contribution in [2.75, 3.05) is 13.2 Å². The molecule has 5 atom stereocenters. The Hall–Kier alpha value is -0.650. The predicted octanol–water partition coefficient (Wildman–Crippen LogP) is 3.45. The minimum atomic E-state index is -0.502. The van der Waals surface area contributed by atoms with Crippen LogP contribution in [0.5, 0.6) is 0 Å². The number of rotatable bonds is 4. The molecule has 0 N–H and O–H groups in total. The Morgan fingerprint density at radius 2 is 2.00 bits per heavy atom. The molecular weight excluding hydrogens is 308 g/mol. The van der Waals surface area contributed by atoms with Gasteiger partial charge in [0.15, 0.2) is 6.29 Å². The highest BCUT2D eigenvalue weighted by molar-refractivity contribution is 5.66. The molecule has 3 rings (SSSR count). The third-order valence-electron chi connectivity index (χ3n) is 6.75. The van der Waals surface area contributed by atoms with Crippen molar-refractivity contribution in [2.24, 2.45) is 11.3 Å². The fourth-order valence-electron chi connectivity index (χ4n) is 5.32. The molecule has 1 aliphatic carbocycles. The lowest BCUT2D eigenvalue weighted by molar-refractivity contribution is -0.229. The van der Waals surface area contributed by atoms with Gasteiger partial charge in [-0.25, -0.2) is 0 Å². The van der Waals surface area contributed by atoms with Gasteiger partial charge in [0, 0.05) is 31.3 Å². The van der Waals surface area contributed by atoms with Crippen LogP contribution in [0, 0.1) is 11.3 Å². The second-order valence-electron chi connectivity index (χ2n) is 8.75. The molecule has 3 aliphatic rings. The lowest BCUT2D eigenvalue weighted by Gasteiger charge is -2.53. The standard InChI is InChI=1S/C19H32O5/c1-7-21-15-11-18(6)19(24-15)10-14(16(3,4)23-13(2)20)8-9-17(19,5)12-22-18/h14-15H,7-12H2,1-6H3/t14-,15+,17+,18-,19-/m1/s1. The van der Waals surface area contributed by atoms with Gasteiger partial charge in [-0.15, -0.1) is 0 Å². The first-order chi connectivity index (χ1) is 11.1. The summed E-state index contributed by atoms with van der Waals surface area (Å²) in [7, 11) is 0. The summed E-state index contributed by atoms with van der Waals surface area (Å²) in [5.41, 5.74) is -1.23. The van der Waals surface area contributed by atoms with Crippen LogP contribution in [-0.2, 0) is 23.7 Å². The summed E-state index contributed by atoms with van der Waals surface area (Å²) in [6.07, 6.45) is 3.41. The molecule has 0 bridgehead atoms. The minimum Gasteiger partial charge on any atom is -0.460 e. The SMILES string of the molecule is CCO[C@@H]1C[C@@]2(C)OC[C@]3(C)CC[C@@H](C(C)(C)OC(C)=O)C[C@@]32O1. The lowest BCUT2D eigenvalue weighted by atomic mass is 9.56. The molecular formula is C19H32O5. The first-order valence-electron chi connectivity index (χ1n) is 9.20. The molecule has 0 amide bonds. The number of hydrogen-bond acceptors (Lipinski definition) is 5. The number of carbonyl (C=O) groups excluding carboxylic acids is 1. The average molecular weight is 340 g/mol. The second kappa shape index (κ2) is 5.68. The summed E-state index contributed by atoms with van der Waals surface area (Å²) < 4.78 is 24.3. The molecule has 3 fully saturated rings. The fourth-order valence-corrected chi connectivity index (χ4v) is 5.32. The summed E-state index contributed by atoms with van der Waals surface area (Å²) in [4.78, 5) is 11.5. The molecule has 138 valence electrons. The molecule has 0 radical (unpaired) electrons. The molecule has 2 aliphatic heterocycles. The fraction of sp³-hybridized carbons (Fsp3) is 0.947. The molecule has 1 spiro atoms. The van der Waals surface area contributed by atoms with Crippen LogP contribution in [0.1, 0.15) is 67.2 Å². The van der Waals surface area contributed by atoms with Gasteiger partial charge in [0.2, 0.25) is 0 Å². The normalized spacial score (nSPS) is 44.9. The second-order valence-corrected chi connectivity index (χ2v) is 8.75. The topological polar surface area (TPSA) is 54.0 Å². The van der Waals surface area contributed by atoms with Crippen LogP contribution < -0.4 is 0 Å². The molecule has 1 saturated carbocycles. The molecule has 0 aromatic rings. The van der Waals surface area contributed by atoms with Crippen LogP contribution in [0.4, 0.5) is 0 Å². The number of carbonyl (C=O) groups is 1. The van der Waals surface area contributed by atoms with Gasteiger partial charge in [-0.3, -0.25) is 4.79 Å². The van der Waals surface area contributed by atoms with Crippen LogP contribution in [0.15, 0.2) is 0 Å². The van der Waals surface area contributed by atoms with Crippen molar-refractivity contribution < 1.29 is 23.7 Å². The van der Waals surface area contributed by atoms with E-state index in [9.17, 15) is 4.79 Å². The van der Waals surface area contributed by atoms with E-state index in [2.05, 4.69) is 13.8 Å². The first-order valence-corrected chi connectivity index (χ1v) is 9.20. The molecule has 0 aromatic carbocycles. The van der Waals surface area contributed by atoms with Gasteiger partial charge in [-0.2, -0.15) is 0 Å². The largest absolute Gasteiger partial charge is 0.460 e. The van der Waals surface area contributed by atoms with E-state index < -0.39 is 5.60 Å². The van der Waals surface area contributed by atoms with E-state index in [0.29, 0.717) is 6.61 Å². The van der Waals surface area contributed by atoms with E-state index in [1.165, 1.54) is 6.92 Å². The maximum Gasteiger partial charge on any atom is 0.303 e. The van der Waals surface area contributed by atoms with Gasteiger partial charge in [-0.05, 0) is 47.0 Å². The molecule has 2 saturated heterocycles. The maximum absolute atomic E-state index is 11.5. The average Bonchev–Trinajstić information content (AvgIpc) is 2.84. The van der Waals surface area contributed by atoms with Gasteiger partial charge in [0.05, 0.1) is 12.2 Å². The maximum atomic E-state index is 11.5. The molecule has 5 nitrogen and oxygen atoms in total. The van der Waals surface area contributed by atoms with Crippen molar-refractivity contribution >= 4 is 5.97 Å². The zero-order valence-electron chi connectivity index (χ0n) is 15.9. The van der Waals surface area contributed by atoms with Crippen molar-refractivity contribution in [2.45, 2.75) is 90.3 Å². The van der Waals surface area contributed by atoms with E-state index in [1.807, 2.05) is 20.8 Å². The highest BCUT2D eigenvalue weighted by Crippen LogP contribution is 2.65. The van der Waals surface area contributed by atoms with Gasteiger partial charge in [0.25, 0.3) is 0 Å². The van der Waals surface area contributed by atoms with Gasteiger partial charge in [0.1, 0.15) is 11.2 Å². The van der Waals surface area contributed by atoms with Crippen molar-refractivity contribution in [3.63, 3.8) is 0 Å². The highest BCUT2D eigenvalue weighted by atomic mass is 16.7. The molecule has 24 heavy (non-hydrogen) atoms. The molecule has 5 heteroatoms. The molecule has 2 heterocycles. The Kier molecular flexibility index (Phi) is 4.30. The van der Waals surface area contributed by atoms with E-state index >= 15 is 0 Å². The Balaban J connectivity index is 1.90. The van der Waals surface area contributed by atoms with Gasteiger partial charge < -0.3 is 18.9 Å². The van der Waals surface area contributed by atoms with Crippen LogP contribution in [0.2, 0.25) is 0 Å². The van der Waals surface area contributed by atoms with Crippen LogP contribution >= 0.6 is 0 Å². The Labute approximate surface area is 145 Å². The van der Waals surface area contributed by atoms with Crippen molar-refractivity contribution in [3.05, 3.63) is 0 Å². The summed E-state index contributed by atoms with van der Waals surface area (Å²) >= 11 is 0. The van der Waals surface area contributed by atoms with Crippen LogP contribution in [0.25, 0.3) is 0 Å². The molecule has 0 aromatic heterocycles. The van der Waals surface area contributed by atoms with Crippen LogP contribution in [0.3, 0.4) is 0 Å². The summed E-state index contributed by atoms with van der Waals surface area (Å²) in [5.74, 6) is 0.0201. The van der Waals surface area contributed by atoms with Crippen molar-refractivity contribution in [3.8, 4) is 0 Å². The number of ether oxygens (including phenoxy) is 4. The zero-order valence-corrected chi connectivity index (χ0v) is 15.9. The summed E-state index contributed by atoms with van der Waals surface area (Å²) in [5, 5.41) is 0. The minimum absolute atomic E-state index is 0.0175. The zero-order chi connectivity index (χ0) is 17.8. The van der Waals surface area contributed by atoms with Crippen molar-refractivity contribution in [1.29, 1.82) is 0 Å². The third kappa shape index (κ3) is 2.51.